The second-order valence-corrected chi connectivity index (χ2v) is 16.6. The summed E-state index contributed by atoms with van der Waals surface area (Å²) in [7, 11) is 0. The van der Waals surface area contributed by atoms with Gasteiger partial charge in [0.15, 0.2) is 6.61 Å². The van der Waals surface area contributed by atoms with Crippen LogP contribution >= 0.6 is 0 Å². The van der Waals surface area contributed by atoms with Crippen LogP contribution in [0.3, 0.4) is 0 Å². The molecule has 0 saturated heterocycles. The summed E-state index contributed by atoms with van der Waals surface area (Å²) in [6.07, 6.45) is 3.68. The van der Waals surface area contributed by atoms with Crippen LogP contribution < -0.4 is 31.3 Å². The summed E-state index contributed by atoms with van der Waals surface area (Å²) in [6.45, 7) is -0.376. The van der Waals surface area contributed by atoms with Gasteiger partial charge in [0.25, 0.3) is 5.91 Å². The zero-order chi connectivity index (χ0) is 46.7. The standard InChI is InChI=1S/C52H51N7O8/c60-47-31-67-38-22-18-33(19-23-38)25-43(49(63)53-24-8-15-48(61)62)57-52(66)46(28-37-30-55-42-14-7-5-12-40(37)42)59-50(64)44(26-32-16-20-35(21-17-32)34-9-2-1-3-10-34)58-51(65)45(56-47)27-36-29-54-41-13-6-4-11-39(36)41/h1-7,9-14,16-23,29-30,43-46,54-55H,8,15,24-28,31H2,(H,53,63)(H,56,60)(H,57,66)(H,58,65)(H,59,64)(H,61,62)/t43-,44+,45-,46-/m0/s1. The summed E-state index contributed by atoms with van der Waals surface area (Å²) in [5, 5.41) is 25.2. The third-order valence-corrected chi connectivity index (χ3v) is 11.8. The maximum Gasteiger partial charge on any atom is 0.303 e. The van der Waals surface area contributed by atoms with Gasteiger partial charge in [-0.1, -0.05) is 103 Å². The Bertz CT molecular complexity index is 2880. The molecule has 4 heterocycles. The first-order valence-corrected chi connectivity index (χ1v) is 22.2. The van der Waals surface area contributed by atoms with Crippen molar-refractivity contribution in [2.24, 2.45) is 0 Å². The second-order valence-electron chi connectivity index (χ2n) is 16.6. The van der Waals surface area contributed by atoms with Crippen molar-refractivity contribution in [3.05, 3.63) is 162 Å². The molecule has 15 nitrogen and oxygen atoms in total. The number of carbonyl (C=O) groups excluding carboxylic acids is 5. The molecule has 67 heavy (non-hydrogen) atoms. The van der Waals surface area contributed by atoms with Gasteiger partial charge in [-0.2, -0.15) is 0 Å². The Kier molecular flexibility index (Phi) is 14.4. The molecule has 5 aromatic carbocycles. The Morgan fingerprint density at radius 2 is 1.13 bits per heavy atom. The molecule has 0 saturated carbocycles. The van der Waals surface area contributed by atoms with Gasteiger partial charge in [0.2, 0.25) is 23.6 Å². The number of aromatic nitrogens is 2. The topological polar surface area (TPSA) is 224 Å². The number of carboxylic acids is 1. The molecular formula is C52H51N7O8. The van der Waals surface area contributed by atoms with Crippen LogP contribution in [0.15, 0.2) is 140 Å². The fraction of sp³-hybridized carbons (Fsp3) is 0.231. The molecule has 2 aliphatic rings. The summed E-state index contributed by atoms with van der Waals surface area (Å²) in [4.78, 5) is 89.2. The van der Waals surface area contributed by atoms with Crippen LogP contribution in [0.4, 0.5) is 0 Å². The fourth-order valence-electron chi connectivity index (χ4n) is 8.31. The Morgan fingerprint density at radius 1 is 0.597 bits per heavy atom. The quantitative estimate of drug-likeness (QED) is 0.0621. The van der Waals surface area contributed by atoms with E-state index in [0.717, 1.165) is 44.1 Å². The minimum Gasteiger partial charge on any atom is -0.484 e. The van der Waals surface area contributed by atoms with Crippen molar-refractivity contribution >= 4 is 57.3 Å². The summed E-state index contributed by atoms with van der Waals surface area (Å²) >= 11 is 0. The monoisotopic (exact) mass is 901 g/mol. The number of nitrogens with one attached hydrogen (secondary N) is 7. The lowest BCUT2D eigenvalue weighted by atomic mass is 9.98. The normalized spacial score (nSPS) is 18.4. The molecule has 0 fully saturated rings. The van der Waals surface area contributed by atoms with Crippen LogP contribution in [-0.2, 0) is 54.5 Å². The van der Waals surface area contributed by atoms with Crippen molar-refractivity contribution in [3.8, 4) is 16.9 Å². The first-order valence-electron chi connectivity index (χ1n) is 22.2. The highest BCUT2D eigenvalue weighted by molar-refractivity contribution is 5.97. The molecule has 0 radical (unpaired) electrons. The summed E-state index contributed by atoms with van der Waals surface area (Å²) < 4.78 is 5.84. The molecule has 0 aliphatic carbocycles. The van der Waals surface area contributed by atoms with Crippen LogP contribution in [0.25, 0.3) is 32.9 Å². The van der Waals surface area contributed by atoms with E-state index >= 15 is 0 Å². The van der Waals surface area contributed by atoms with Gasteiger partial charge >= 0.3 is 5.97 Å². The van der Waals surface area contributed by atoms with Gasteiger partial charge in [-0.25, -0.2) is 0 Å². The largest absolute Gasteiger partial charge is 0.484 e. The molecule has 2 aliphatic heterocycles. The van der Waals surface area contributed by atoms with E-state index < -0.39 is 66.3 Å². The number of aliphatic carboxylic acids is 1. The van der Waals surface area contributed by atoms with Gasteiger partial charge in [0, 0.05) is 72.8 Å². The van der Waals surface area contributed by atoms with E-state index in [2.05, 4.69) is 36.6 Å². The molecule has 5 amide bonds. The number of para-hydroxylation sites is 2. The number of aromatic amines is 2. The van der Waals surface area contributed by atoms with Crippen molar-refractivity contribution in [3.63, 3.8) is 0 Å². The van der Waals surface area contributed by atoms with E-state index in [-0.39, 0.29) is 45.1 Å². The van der Waals surface area contributed by atoms with Crippen LogP contribution in [0, 0.1) is 0 Å². The number of hydrogen-bond donors (Lipinski definition) is 8. The van der Waals surface area contributed by atoms with E-state index in [1.807, 2.05) is 103 Å². The molecule has 8 N–H and O–H groups in total. The second kappa shape index (κ2) is 21.2. The Labute approximate surface area is 386 Å². The van der Waals surface area contributed by atoms with Crippen LogP contribution in [-0.4, -0.2) is 87.9 Å². The Hall–Kier alpha value is -8.20. The maximum absolute atomic E-state index is 14.9. The predicted octanol–water partition coefficient (Wildman–Crippen LogP) is 4.90. The maximum atomic E-state index is 14.9. The third kappa shape index (κ3) is 11.7. The lowest BCUT2D eigenvalue weighted by molar-refractivity contribution is -0.137. The summed E-state index contributed by atoms with van der Waals surface area (Å²) in [6, 6.07) is 34.4. The Balaban J connectivity index is 1.15. The molecule has 0 unspecified atom stereocenters. The van der Waals surface area contributed by atoms with Crippen LogP contribution in [0.1, 0.15) is 35.1 Å². The molecular weight excluding hydrogens is 851 g/mol. The number of benzene rings is 5. The fourth-order valence-corrected chi connectivity index (χ4v) is 8.31. The first-order chi connectivity index (χ1) is 32.6. The first kappa shape index (κ1) is 45.4. The van der Waals surface area contributed by atoms with Gasteiger partial charge in [0.05, 0.1) is 0 Å². The van der Waals surface area contributed by atoms with E-state index in [1.54, 1.807) is 36.7 Å². The van der Waals surface area contributed by atoms with Crippen LogP contribution in [0.2, 0.25) is 0 Å². The highest BCUT2D eigenvalue weighted by atomic mass is 16.5. The van der Waals surface area contributed by atoms with Crippen molar-refractivity contribution in [2.45, 2.75) is 62.7 Å². The SMILES string of the molecule is O=C(O)CCCNC(=O)[C@@H]1Cc2ccc(cc2)OCC(=O)N[C@@H](Cc2c[nH]c3ccccc23)C(=O)N[C@H](Cc2ccc(-c3ccccc3)cc2)C(=O)N[C@@H](Cc2c[nH]c3ccccc23)C(=O)N1. The van der Waals surface area contributed by atoms with E-state index in [4.69, 9.17) is 9.84 Å². The number of H-pyrrole nitrogens is 2. The van der Waals surface area contributed by atoms with Gasteiger partial charge in [-0.05, 0) is 64.1 Å². The number of carboxylic acid groups (broad SMARTS) is 1. The zero-order valence-electron chi connectivity index (χ0n) is 36.6. The van der Waals surface area contributed by atoms with E-state index in [9.17, 15) is 28.8 Å². The van der Waals surface area contributed by atoms with Crippen molar-refractivity contribution < 1.29 is 38.6 Å². The minimum atomic E-state index is -1.26. The average Bonchev–Trinajstić information content (AvgIpc) is 3.95. The number of rotatable bonds is 12. The van der Waals surface area contributed by atoms with E-state index in [1.165, 1.54) is 0 Å². The Morgan fingerprint density at radius 3 is 1.75 bits per heavy atom. The number of hydrogen-bond acceptors (Lipinski definition) is 7. The summed E-state index contributed by atoms with van der Waals surface area (Å²) in [5.41, 5.74) is 6.46. The van der Waals surface area contributed by atoms with Crippen molar-refractivity contribution in [1.29, 1.82) is 0 Å². The lowest BCUT2D eigenvalue weighted by Crippen LogP contribution is -2.59. The third-order valence-electron chi connectivity index (χ3n) is 11.8. The number of carbonyl (C=O) groups is 6. The lowest BCUT2D eigenvalue weighted by Gasteiger charge is -2.27. The van der Waals surface area contributed by atoms with E-state index in [0.29, 0.717) is 16.9 Å². The van der Waals surface area contributed by atoms with Gasteiger partial charge in [-0.3, -0.25) is 28.8 Å². The number of ether oxygens (including phenoxy) is 1. The number of fused-ring (bicyclic) bond motifs is 18. The zero-order valence-corrected chi connectivity index (χ0v) is 36.6. The average molecular weight is 902 g/mol. The minimum absolute atomic E-state index is 0.00621. The highest BCUT2D eigenvalue weighted by Gasteiger charge is 2.33. The molecule has 0 spiro atoms. The van der Waals surface area contributed by atoms with Gasteiger partial charge in [0.1, 0.15) is 29.9 Å². The predicted molar refractivity (Wildman–Crippen MR) is 253 cm³/mol. The number of amides is 5. The molecule has 2 aromatic heterocycles. The molecule has 342 valence electrons. The van der Waals surface area contributed by atoms with Gasteiger partial charge in [-0.15, -0.1) is 0 Å². The molecule has 4 atom stereocenters. The van der Waals surface area contributed by atoms with Gasteiger partial charge < -0.3 is 46.4 Å². The van der Waals surface area contributed by atoms with Crippen molar-refractivity contribution in [2.75, 3.05) is 13.2 Å². The summed E-state index contributed by atoms with van der Waals surface area (Å²) in [5.74, 6) is -3.77. The van der Waals surface area contributed by atoms with Crippen LogP contribution in [0.5, 0.6) is 5.75 Å². The highest BCUT2D eigenvalue weighted by Crippen LogP contribution is 2.23. The smallest absolute Gasteiger partial charge is 0.303 e. The molecule has 7 aromatic rings. The molecule has 9 rings (SSSR count). The molecule has 2 bridgehead atoms. The van der Waals surface area contributed by atoms with Crippen molar-refractivity contribution in [1.82, 2.24) is 36.6 Å². The molecule has 15 heteroatoms.